The summed E-state index contributed by atoms with van der Waals surface area (Å²) in [6, 6.07) is -3.99. The number of nitrogens with two attached hydrogens (primary N) is 2. The molecule has 12 nitrogen and oxygen atoms in total. The highest BCUT2D eigenvalue weighted by Gasteiger charge is 2.29. The average Bonchev–Trinajstić information content (AvgIpc) is 2.57. The lowest BCUT2D eigenvalue weighted by Crippen LogP contribution is -2.54. The third-order valence-corrected chi connectivity index (χ3v) is 3.58. The van der Waals surface area contributed by atoms with Gasteiger partial charge in [-0.05, 0) is 32.2 Å². The van der Waals surface area contributed by atoms with Crippen LogP contribution < -0.4 is 22.1 Å². The Morgan fingerprint density at radius 2 is 1.41 bits per heavy atom. The summed E-state index contributed by atoms with van der Waals surface area (Å²) in [5.41, 5.74) is 11.0. The summed E-state index contributed by atoms with van der Waals surface area (Å²) >= 11 is 0. The zero-order valence-electron chi connectivity index (χ0n) is 14.7. The van der Waals surface area contributed by atoms with E-state index in [2.05, 4.69) is 10.6 Å². The molecule has 9 N–H and O–H groups in total. The van der Waals surface area contributed by atoms with Crippen molar-refractivity contribution in [2.75, 3.05) is 6.54 Å². The molecule has 3 atom stereocenters. The third kappa shape index (κ3) is 10.8. The number of carboxylic acid groups (broad SMARTS) is 3. The van der Waals surface area contributed by atoms with Crippen molar-refractivity contribution < 1.29 is 39.3 Å². The van der Waals surface area contributed by atoms with E-state index < -0.39 is 54.3 Å². The van der Waals surface area contributed by atoms with Crippen LogP contribution in [0.4, 0.5) is 0 Å². The van der Waals surface area contributed by atoms with Crippen LogP contribution in [0.1, 0.15) is 38.5 Å². The van der Waals surface area contributed by atoms with Crippen LogP contribution in [0.5, 0.6) is 0 Å². The maximum Gasteiger partial charge on any atom is 0.326 e. The summed E-state index contributed by atoms with van der Waals surface area (Å²) < 4.78 is 0. The van der Waals surface area contributed by atoms with Gasteiger partial charge in [0.05, 0.1) is 12.5 Å². The number of carboxylic acids is 3. The second-order valence-electron chi connectivity index (χ2n) is 5.88. The molecule has 0 bridgehead atoms. The highest BCUT2D eigenvalue weighted by atomic mass is 16.4. The van der Waals surface area contributed by atoms with E-state index in [0.29, 0.717) is 19.4 Å². The molecular formula is C15H26N4O8. The second-order valence-corrected chi connectivity index (χ2v) is 5.88. The van der Waals surface area contributed by atoms with Crippen LogP contribution in [0.25, 0.3) is 0 Å². The summed E-state index contributed by atoms with van der Waals surface area (Å²) in [5, 5.41) is 30.7. The lowest BCUT2D eigenvalue weighted by atomic mass is 10.1. The highest BCUT2D eigenvalue weighted by molar-refractivity contribution is 5.92. The van der Waals surface area contributed by atoms with Crippen molar-refractivity contribution in [1.29, 1.82) is 0 Å². The van der Waals surface area contributed by atoms with Crippen LogP contribution in [0.15, 0.2) is 0 Å². The Hall–Kier alpha value is -2.73. The number of carbonyl (C=O) groups excluding carboxylic acids is 2. The lowest BCUT2D eigenvalue weighted by Gasteiger charge is -2.22. The van der Waals surface area contributed by atoms with Gasteiger partial charge in [-0.3, -0.25) is 19.2 Å². The molecule has 0 saturated carbocycles. The van der Waals surface area contributed by atoms with Crippen molar-refractivity contribution in [3.8, 4) is 0 Å². The van der Waals surface area contributed by atoms with Gasteiger partial charge in [0.1, 0.15) is 12.1 Å². The molecule has 0 aliphatic rings. The molecule has 0 radical (unpaired) electrons. The SMILES string of the molecule is NCCCCC(NC(=O)C(N)CCC(=O)O)C(=O)NC(CC(=O)O)C(=O)O. The first-order chi connectivity index (χ1) is 12.6. The van der Waals surface area contributed by atoms with Crippen LogP contribution in [-0.4, -0.2) is 69.7 Å². The first-order valence-electron chi connectivity index (χ1n) is 8.31. The monoisotopic (exact) mass is 390 g/mol. The fourth-order valence-electron chi connectivity index (χ4n) is 2.10. The number of nitrogens with one attached hydrogen (secondary N) is 2. The number of unbranched alkanes of at least 4 members (excludes halogenated alkanes) is 1. The minimum absolute atomic E-state index is 0.125. The third-order valence-electron chi connectivity index (χ3n) is 3.58. The van der Waals surface area contributed by atoms with E-state index in [9.17, 15) is 24.0 Å². The molecule has 12 heteroatoms. The van der Waals surface area contributed by atoms with Crippen LogP contribution in [0.3, 0.4) is 0 Å². The van der Waals surface area contributed by atoms with Crippen molar-refractivity contribution in [3.05, 3.63) is 0 Å². The Balaban J connectivity index is 5.01. The Morgan fingerprint density at radius 3 is 1.89 bits per heavy atom. The number of carbonyl (C=O) groups is 5. The average molecular weight is 390 g/mol. The van der Waals surface area contributed by atoms with E-state index in [1.165, 1.54) is 0 Å². The van der Waals surface area contributed by atoms with Crippen molar-refractivity contribution >= 4 is 29.7 Å². The fourth-order valence-corrected chi connectivity index (χ4v) is 2.10. The summed E-state index contributed by atoms with van der Waals surface area (Å²) in [6.45, 7) is 0.344. The van der Waals surface area contributed by atoms with Crippen LogP contribution >= 0.6 is 0 Å². The molecule has 0 spiro atoms. The van der Waals surface area contributed by atoms with Crippen molar-refractivity contribution in [1.82, 2.24) is 10.6 Å². The quantitative estimate of drug-likeness (QED) is 0.159. The van der Waals surface area contributed by atoms with E-state index in [4.69, 9.17) is 26.8 Å². The normalized spacial score (nSPS) is 13.9. The predicted molar refractivity (Wildman–Crippen MR) is 91.5 cm³/mol. The molecule has 27 heavy (non-hydrogen) atoms. The minimum atomic E-state index is -1.66. The number of hydrogen-bond acceptors (Lipinski definition) is 7. The Labute approximate surface area is 155 Å². The Morgan fingerprint density at radius 1 is 0.815 bits per heavy atom. The number of rotatable bonds is 14. The van der Waals surface area contributed by atoms with Gasteiger partial charge in [-0.25, -0.2) is 4.79 Å². The molecular weight excluding hydrogens is 364 g/mol. The summed E-state index contributed by atoms with van der Waals surface area (Å²) in [5.74, 6) is -5.72. The molecule has 0 aliphatic heterocycles. The van der Waals surface area contributed by atoms with Gasteiger partial charge in [0, 0.05) is 6.42 Å². The smallest absolute Gasteiger partial charge is 0.326 e. The topological polar surface area (TPSA) is 222 Å². The molecule has 0 saturated heterocycles. The van der Waals surface area contributed by atoms with Crippen LogP contribution in [0.2, 0.25) is 0 Å². The Kier molecular flexibility index (Phi) is 11.3. The van der Waals surface area contributed by atoms with Crippen LogP contribution in [0, 0.1) is 0 Å². The Bertz CT molecular complexity index is 554. The largest absolute Gasteiger partial charge is 0.481 e. The molecule has 2 amide bonds. The number of aliphatic carboxylic acids is 3. The van der Waals surface area contributed by atoms with E-state index in [1.54, 1.807) is 0 Å². The van der Waals surface area contributed by atoms with Crippen molar-refractivity contribution in [3.63, 3.8) is 0 Å². The van der Waals surface area contributed by atoms with E-state index in [1.807, 2.05) is 0 Å². The van der Waals surface area contributed by atoms with Crippen molar-refractivity contribution in [2.45, 2.75) is 56.7 Å². The lowest BCUT2D eigenvalue weighted by molar-refractivity contribution is -0.147. The molecule has 0 fully saturated rings. The molecule has 0 aromatic heterocycles. The van der Waals surface area contributed by atoms with E-state index >= 15 is 0 Å². The number of hydrogen-bond donors (Lipinski definition) is 7. The predicted octanol–water partition coefficient (Wildman–Crippen LogP) is -2.16. The molecule has 3 unspecified atom stereocenters. The first-order valence-corrected chi connectivity index (χ1v) is 8.31. The minimum Gasteiger partial charge on any atom is -0.481 e. The van der Waals surface area contributed by atoms with Gasteiger partial charge in [0.25, 0.3) is 0 Å². The van der Waals surface area contributed by atoms with Gasteiger partial charge in [0.15, 0.2) is 0 Å². The molecule has 0 aromatic carbocycles. The number of amides is 2. The summed E-state index contributed by atoms with van der Waals surface area (Å²) in [6.07, 6.45) is -0.200. The highest BCUT2D eigenvalue weighted by Crippen LogP contribution is 2.04. The van der Waals surface area contributed by atoms with Gasteiger partial charge in [-0.2, -0.15) is 0 Å². The maximum atomic E-state index is 12.3. The van der Waals surface area contributed by atoms with Gasteiger partial charge >= 0.3 is 17.9 Å². The van der Waals surface area contributed by atoms with Gasteiger partial charge < -0.3 is 37.4 Å². The molecule has 0 rings (SSSR count). The maximum absolute atomic E-state index is 12.3. The fraction of sp³-hybridized carbons (Fsp3) is 0.667. The summed E-state index contributed by atoms with van der Waals surface area (Å²) in [4.78, 5) is 56.7. The molecule has 154 valence electrons. The van der Waals surface area contributed by atoms with Gasteiger partial charge in [0.2, 0.25) is 11.8 Å². The van der Waals surface area contributed by atoms with Gasteiger partial charge in [-0.15, -0.1) is 0 Å². The molecule has 0 aromatic rings. The van der Waals surface area contributed by atoms with Gasteiger partial charge in [-0.1, -0.05) is 0 Å². The van der Waals surface area contributed by atoms with Crippen molar-refractivity contribution in [2.24, 2.45) is 11.5 Å². The standard InChI is InChI=1S/C15H26N4O8/c16-6-2-1-3-9(18-13(24)8(17)4-5-11(20)21)14(25)19-10(15(26)27)7-12(22)23/h8-10H,1-7,16-17H2,(H,18,24)(H,19,25)(H,20,21)(H,22,23)(H,26,27). The second kappa shape index (κ2) is 12.6. The van der Waals surface area contributed by atoms with Crippen LogP contribution in [-0.2, 0) is 24.0 Å². The first kappa shape index (κ1) is 24.3. The summed E-state index contributed by atoms with van der Waals surface area (Å²) in [7, 11) is 0. The molecule has 0 heterocycles. The van der Waals surface area contributed by atoms with E-state index in [-0.39, 0.29) is 19.3 Å². The zero-order valence-corrected chi connectivity index (χ0v) is 14.7. The molecule has 0 aliphatic carbocycles. The zero-order chi connectivity index (χ0) is 21.0. The van der Waals surface area contributed by atoms with E-state index in [0.717, 1.165) is 0 Å².